The molecule has 0 bridgehead atoms. The maximum absolute atomic E-state index is 11.8. The molecule has 1 atom stereocenters. The number of hydrogen-bond donors (Lipinski definition) is 0. The Kier molecular flexibility index (Phi) is 3.00. The van der Waals surface area contributed by atoms with Crippen LogP contribution in [0.3, 0.4) is 0 Å². The molecule has 1 aliphatic carbocycles. The molecule has 1 fully saturated rings. The van der Waals surface area contributed by atoms with Gasteiger partial charge >= 0.3 is 5.97 Å². The SMILES string of the molecule is O=C(CC1CO1)OCC1c2ccccc2-c2ccccc21. The zero-order chi connectivity index (χ0) is 14.2. The van der Waals surface area contributed by atoms with Crippen LogP contribution in [0.1, 0.15) is 23.5 Å². The number of benzene rings is 2. The Morgan fingerprint density at radius 3 is 2.19 bits per heavy atom. The van der Waals surface area contributed by atoms with E-state index in [0.717, 1.165) is 0 Å². The Hall–Kier alpha value is -2.13. The quantitative estimate of drug-likeness (QED) is 0.638. The topological polar surface area (TPSA) is 38.8 Å². The number of carbonyl (C=O) groups excluding carboxylic acids is 1. The number of fused-ring (bicyclic) bond motifs is 3. The Morgan fingerprint density at radius 2 is 1.62 bits per heavy atom. The van der Waals surface area contributed by atoms with Gasteiger partial charge in [-0.3, -0.25) is 4.79 Å². The van der Waals surface area contributed by atoms with Gasteiger partial charge in [0.05, 0.1) is 19.1 Å². The van der Waals surface area contributed by atoms with Crippen molar-refractivity contribution in [2.24, 2.45) is 0 Å². The highest BCUT2D eigenvalue weighted by Crippen LogP contribution is 2.44. The molecule has 0 aromatic heterocycles. The highest BCUT2D eigenvalue weighted by molar-refractivity contribution is 5.79. The zero-order valence-corrected chi connectivity index (χ0v) is 11.6. The summed E-state index contributed by atoms with van der Waals surface area (Å²) in [5.74, 6) is -0.0270. The second kappa shape index (κ2) is 5.01. The summed E-state index contributed by atoms with van der Waals surface area (Å²) in [6.45, 7) is 1.09. The smallest absolute Gasteiger partial charge is 0.308 e. The van der Waals surface area contributed by atoms with Crippen LogP contribution in [0.4, 0.5) is 0 Å². The predicted octanol–water partition coefficient (Wildman–Crippen LogP) is 3.13. The van der Waals surface area contributed by atoms with Crippen LogP contribution >= 0.6 is 0 Å². The summed E-state index contributed by atoms with van der Waals surface area (Å²) < 4.78 is 10.5. The van der Waals surface area contributed by atoms with Crippen LogP contribution in [0.25, 0.3) is 11.1 Å². The third-order valence-corrected chi connectivity index (χ3v) is 4.17. The van der Waals surface area contributed by atoms with E-state index in [2.05, 4.69) is 36.4 Å². The fourth-order valence-corrected chi connectivity index (χ4v) is 3.05. The maximum atomic E-state index is 11.8. The fourth-order valence-electron chi connectivity index (χ4n) is 3.05. The number of hydrogen-bond acceptors (Lipinski definition) is 3. The highest BCUT2D eigenvalue weighted by Gasteiger charge is 2.30. The third-order valence-electron chi connectivity index (χ3n) is 4.17. The summed E-state index contributed by atoms with van der Waals surface area (Å²) in [7, 11) is 0. The largest absolute Gasteiger partial charge is 0.465 e. The summed E-state index contributed by atoms with van der Waals surface area (Å²) >= 11 is 0. The lowest BCUT2D eigenvalue weighted by molar-refractivity contribution is -0.144. The molecule has 1 aliphatic heterocycles. The highest BCUT2D eigenvalue weighted by atomic mass is 16.6. The molecule has 1 unspecified atom stereocenters. The lowest BCUT2D eigenvalue weighted by Gasteiger charge is -2.13. The molecule has 106 valence electrons. The lowest BCUT2D eigenvalue weighted by atomic mass is 9.98. The van der Waals surface area contributed by atoms with E-state index >= 15 is 0 Å². The first-order valence-corrected chi connectivity index (χ1v) is 7.28. The lowest BCUT2D eigenvalue weighted by Crippen LogP contribution is -2.13. The van der Waals surface area contributed by atoms with E-state index in [4.69, 9.17) is 9.47 Å². The first-order chi connectivity index (χ1) is 10.3. The molecule has 3 heteroatoms. The fraction of sp³-hybridized carbons (Fsp3) is 0.278. The van der Waals surface area contributed by atoms with E-state index in [1.807, 2.05) is 12.1 Å². The molecule has 2 aromatic rings. The van der Waals surface area contributed by atoms with Gasteiger partial charge in [-0.1, -0.05) is 48.5 Å². The minimum atomic E-state index is -0.167. The zero-order valence-electron chi connectivity index (χ0n) is 11.6. The van der Waals surface area contributed by atoms with E-state index in [1.165, 1.54) is 22.3 Å². The van der Waals surface area contributed by atoms with Gasteiger partial charge in [-0.05, 0) is 22.3 Å². The third kappa shape index (κ3) is 2.34. The number of esters is 1. The molecule has 0 N–H and O–H groups in total. The molecule has 2 aromatic carbocycles. The molecular weight excluding hydrogens is 264 g/mol. The molecular formula is C18H16O3. The van der Waals surface area contributed by atoms with Gasteiger partial charge in [-0.15, -0.1) is 0 Å². The van der Waals surface area contributed by atoms with Gasteiger partial charge in [0.2, 0.25) is 0 Å². The van der Waals surface area contributed by atoms with Crippen molar-refractivity contribution >= 4 is 5.97 Å². The van der Waals surface area contributed by atoms with Crippen molar-refractivity contribution in [2.45, 2.75) is 18.4 Å². The van der Waals surface area contributed by atoms with Crippen LogP contribution in [-0.2, 0) is 14.3 Å². The normalized spacial score (nSPS) is 19.0. The van der Waals surface area contributed by atoms with Crippen molar-refractivity contribution in [1.82, 2.24) is 0 Å². The molecule has 4 rings (SSSR count). The summed E-state index contributed by atoms with van der Waals surface area (Å²) in [5.41, 5.74) is 4.99. The van der Waals surface area contributed by atoms with E-state index < -0.39 is 0 Å². The average Bonchev–Trinajstić information content (AvgIpc) is 3.27. The van der Waals surface area contributed by atoms with Gasteiger partial charge in [0.1, 0.15) is 6.61 Å². The van der Waals surface area contributed by atoms with Crippen LogP contribution < -0.4 is 0 Å². The van der Waals surface area contributed by atoms with Gasteiger partial charge in [-0.2, -0.15) is 0 Å². The summed E-state index contributed by atoms with van der Waals surface area (Å²) in [5, 5.41) is 0. The van der Waals surface area contributed by atoms with Crippen molar-refractivity contribution < 1.29 is 14.3 Å². The average molecular weight is 280 g/mol. The number of epoxide rings is 1. The van der Waals surface area contributed by atoms with Crippen molar-refractivity contribution in [3.05, 3.63) is 59.7 Å². The minimum absolute atomic E-state index is 0.0839. The van der Waals surface area contributed by atoms with E-state index in [9.17, 15) is 4.79 Å². The van der Waals surface area contributed by atoms with Crippen molar-refractivity contribution in [1.29, 1.82) is 0 Å². The maximum Gasteiger partial charge on any atom is 0.308 e. The molecule has 1 heterocycles. The molecule has 1 saturated heterocycles. The Morgan fingerprint density at radius 1 is 1.05 bits per heavy atom. The molecule has 3 nitrogen and oxygen atoms in total. The van der Waals surface area contributed by atoms with Gasteiger partial charge in [-0.25, -0.2) is 0 Å². The summed E-state index contributed by atoms with van der Waals surface area (Å²) in [6.07, 6.45) is 0.455. The monoisotopic (exact) mass is 280 g/mol. The van der Waals surface area contributed by atoms with Crippen molar-refractivity contribution in [3.63, 3.8) is 0 Å². The van der Waals surface area contributed by atoms with Crippen LogP contribution in [0.2, 0.25) is 0 Å². The minimum Gasteiger partial charge on any atom is -0.465 e. The first kappa shape index (κ1) is 12.6. The van der Waals surface area contributed by atoms with Gasteiger partial charge in [0.25, 0.3) is 0 Å². The van der Waals surface area contributed by atoms with E-state index in [1.54, 1.807) is 0 Å². The van der Waals surface area contributed by atoms with Crippen molar-refractivity contribution in [3.8, 4) is 11.1 Å². The summed E-state index contributed by atoms with van der Waals surface area (Å²) in [6, 6.07) is 16.7. The van der Waals surface area contributed by atoms with Crippen LogP contribution in [0.15, 0.2) is 48.5 Å². The number of rotatable bonds is 4. The Balaban J connectivity index is 1.57. The number of carbonyl (C=O) groups is 1. The van der Waals surface area contributed by atoms with Crippen molar-refractivity contribution in [2.75, 3.05) is 13.2 Å². The van der Waals surface area contributed by atoms with Gasteiger partial charge in [0, 0.05) is 5.92 Å². The second-order valence-corrected chi connectivity index (χ2v) is 5.57. The molecule has 0 spiro atoms. The standard InChI is InChI=1S/C18H16O3/c19-18(9-12-10-20-12)21-11-17-15-7-3-1-5-13(15)14-6-2-4-8-16(14)17/h1-8,12,17H,9-11H2. The van der Waals surface area contributed by atoms with Crippen LogP contribution in [-0.4, -0.2) is 25.3 Å². The molecule has 0 saturated carbocycles. The molecule has 0 radical (unpaired) electrons. The molecule has 2 aliphatic rings. The summed E-state index contributed by atoms with van der Waals surface area (Å²) in [4.78, 5) is 11.8. The Labute approximate surface area is 123 Å². The molecule has 0 amide bonds. The van der Waals surface area contributed by atoms with Gasteiger partial charge < -0.3 is 9.47 Å². The first-order valence-electron chi connectivity index (χ1n) is 7.28. The van der Waals surface area contributed by atoms with E-state index in [0.29, 0.717) is 19.6 Å². The van der Waals surface area contributed by atoms with Gasteiger partial charge in [0.15, 0.2) is 0 Å². The second-order valence-electron chi connectivity index (χ2n) is 5.57. The van der Waals surface area contributed by atoms with Crippen LogP contribution in [0, 0.1) is 0 Å². The Bertz CT molecular complexity index is 643. The number of ether oxygens (including phenoxy) is 2. The van der Waals surface area contributed by atoms with Crippen LogP contribution in [0.5, 0.6) is 0 Å². The van der Waals surface area contributed by atoms with E-state index in [-0.39, 0.29) is 18.0 Å². The molecule has 21 heavy (non-hydrogen) atoms. The predicted molar refractivity (Wildman–Crippen MR) is 79.0 cm³/mol.